The van der Waals surface area contributed by atoms with Gasteiger partial charge in [0.15, 0.2) is 0 Å². The van der Waals surface area contributed by atoms with Crippen LogP contribution in [0.4, 0.5) is 5.69 Å². The Morgan fingerprint density at radius 1 is 1.41 bits per heavy atom. The van der Waals surface area contributed by atoms with Gasteiger partial charge in [-0.2, -0.15) is 5.26 Å². The van der Waals surface area contributed by atoms with Crippen LogP contribution in [-0.2, 0) is 0 Å². The van der Waals surface area contributed by atoms with Gasteiger partial charge in [-0.15, -0.1) is 11.8 Å². The van der Waals surface area contributed by atoms with Crippen LogP contribution in [0.15, 0.2) is 29.2 Å². The fourth-order valence-corrected chi connectivity index (χ4v) is 3.48. The SMILES string of the molecule is N#CC1CCCC1Sc1ccccc1[N+](=O)[O-]. The number of hydrogen-bond donors (Lipinski definition) is 0. The number of thioether (sulfide) groups is 1. The summed E-state index contributed by atoms with van der Waals surface area (Å²) >= 11 is 1.47. The Morgan fingerprint density at radius 3 is 2.88 bits per heavy atom. The molecule has 1 fully saturated rings. The third-order valence-electron chi connectivity index (χ3n) is 2.96. The molecule has 0 N–H and O–H groups in total. The van der Waals surface area contributed by atoms with Crippen molar-refractivity contribution in [3.05, 3.63) is 34.4 Å². The van der Waals surface area contributed by atoms with Crippen LogP contribution in [0.1, 0.15) is 19.3 Å². The van der Waals surface area contributed by atoms with E-state index in [1.54, 1.807) is 18.2 Å². The molecule has 0 amide bonds. The van der Waals surface area contributed by atoms with Gasteiger partial charge in [-0.05, 0) is 18.9 Å². The predicted molar refractivity (Wildman–Crippen MR) is 65.7 cm³/mol. The summed E-state index contributed by atoms with van der Waals surface area (Å²) in [6.07, 6.45) is 2.92. The summed E-state index contributed by atoms with van der Waals surface area (Å²) in [4.78, 5) is 11.2. The highest BCUT2D eigenvalue weighted by atomic mass is 32.2. The maximum atomic E-state index is 10.9. The van der Waals surface area contributed by atoms with Gasteiger partial charge >= 0.3 is 0 Å². The van der Waals surface area contributed by atoms with E-state index in [9.17, 15) is 10.1 Å². The largest absolute Gasteiger partial charge is 0.282 e. The standard InChI is InChI=1S/C12H12N2O2S/c13-8-9-4-3-7-11(9)17-12-6-2-1-5-10(12)14(15)16/h1-2,5-6,9,11H,3-4,7H2. The van der Waals surface area contributed by atoms with E-state index in [4.69, 9.17) is 5.26 Å². The van der Waals surface area contributed by atoms with Crippen LogP contribution in [0.2, 0.25) is 0 Å². The molecule has 88 valence electrons. The van der Waals surface area contributed by atoms with Crippen molar-refractivity contribution < 1.29 is 4.92 Å². The topological polar surface area (TPSA) is 66.9 Å². The highest BCUT2D eigenvalue weighted by Gasteiger charge is 2.29. The lowest BCUT2D eigenvalue weighted by molar-refractivity contribution is -0.387. The van der Waals surface area contributed by atoms with Crippen LogP contribution in [0.25, 0.3) is 0 Å². The quantitative estimate of drug-likeness (QED) is 0.607. The lowest BCUT2D eigenvalue weighted by Crippen LogP contribution is -2.07. The van der Waals surface area contributed by atoms with Gasteiger partial charge in [0.1, 0.15) is 0 Å². The van der Waals surface area contributed by atoms with Gasteiger partial charge < -0.3 is 0 Å². The minimum Gasteiger partial charge on any atom is -0.258 e. The Morgan fingerprint density at radius 2 is 2.18 bits per heavy atom. The summed E-state index contributed by atoms with van der Waals surface area (Å²) in [6.45, 7) is 0. The molecule has 1 saturated carbocycles. The van der Waals surface area contributed by atoms with E-state index in [1.807, 2.05) is 0 Å². The van der Waals surface area contributed by atoms with Crippen molar-refractivity contribution in [3.63, 3.8) is 0 Å². The maximum absolute atomic E-state index is 10.9. The molecule has 1 aliphatic carbocycles. The van der Waals surface area contributed by atoms with Gasteiger partial charge in [0, 0.05) is 11.3 Å². The molecule has 1 aromatic carbocycles. The van der Waals surface area contributed by atoms with Gasteiger partial charge in [0.2, 0.25) is 0 Å². The number of hydrogen-bond acceptors (Lipinski definition) is 4. The van der Waals surface area contributed by atoms with Crippen LogP contribution in [-0.4, -0.2) is 10.2 Å². The minimum absolute atomic E-state index is 0.0276. The molecule has 2 atom stereocenters. The van der Waals surface area contributed by atoms with Gasteiger partial charge in [0.25, 0.3) is 5.69 Å². The van der Waals surface area contributed by atoms with E-state index >= 15 is 0 Å². The number of benzene rings is 1. The number of nitriles is 1. The summed E-state index contributed by atoms with van der Waals surface area (Å²) in [5.74, 6) is 0.0276. The minimum atomic E-state index is -0.362. The van der Waals surface area contributed by atoms with E-state index in [0.717, 1.165) is 19.3 Å². The fraction of sp³-hybridized carbons (Fsp3) is 0.417. The summed E-state index contributed by atoms with van der Waals surface area (Å²) in [5.41, 5.74) is 0.140. The first-order valence-corrected chi connectivity index (χ1v) is 6.40. The Labute approximate surface area is 104 Å². The highest BCUT2D eigenvalue weighted by molar-refractivity contribution is 8.00. The first-order valence-electron chi connectivity index (χ1n) is 5.52. The third kappa shape index (κ3) is 2.59. The van der Waals surface area contributed by atoms with Crippen molar-refractivity contribution in [1.82, 2.24) is 0 Å². The second-order valence-electron chi connectivity index (χ2n) is 4.05. The molecule has 0 aliphatic heterocycles. The van der Waals surface area contributed by atoms with Crippen molar-refractivity contribution in [1.29, 1.82) is 5.26 Å². The molecule has 17 heavy (non-hydrogen) atoms. The Hall–Kier alpha value is -1.54. The number of nitrogens with zero attached hydrogens (tertiary/aromatic N) is 2. The number of nitro groups is 1. The number of rotatable bonds is 3. The average Bonchev–Trinajstić information content (AvgIpc) is 2.77. The Bertz CT molecular complexity index is 470. The lowest BCUT2D eigenvalue weighted by Gasteiger charge is -2.12. The highest BCUT2D eigenvalue weighted by Crippen LogP contribution is 2.41. The van der Waals surface area contributed by atoms with Crippen molar-refractivity contribution >= 4 is 17.4 Å². The Balaban J connectivity index is 2.19. The molecule has 0 bridgehead atoms. The molecule has 0 heterocycles. The summed E-state index contributed by atoms with van der Waals surface area (Å²) < 4.78 is 0. The number of para-hydroxylation sites is 1. The maximum Gasteiger partial charge on any atom is 0.282 e. The monoisotopic (exact) mass is 248 g/mol. The number of nitro benzene ring substituents is 1. The van der Waals surface area contributed by atoms with Crippen LogP contribution in [0.3, 0.4) is 0 Å². The summed E-state index contributed by atoms with van der Waals surface area (Å²) in [6, 6.07) is 9.03. The molecule has 1 aliphatic rings. The zero-order valence-corrected chi connectivity index (χ0v) is 10.0. The molecule has 4 nitrogen and oxygen atoms in total. The van der Waals surface area contributed by atoms with Gasteiger partial charge in [-0.1, -0.05) is 18.6 Å². The first kappa shape index (κ1) is 11.9. The van der Waals surface area contributed by atoms with Gasteiger partial charge in [0.05, 0.1) is 21.8 Å². The average molecular weight is 248 g/mol. The van der Waals surface area contributed by atoms with E-state index < -0.39 is 0 Å². The molecule has 2 unspecified atom stereocenters. The van der Waals surface area contributed by atoms with Crippen LogP contribution >= 0.6 is 11.8 Å². The second-order valence-corrected chi connectivity index (χ2v) is 5.33. The molecule has 0 radical (unpaired) electrons. The third-order valence-corrected chi connectivity index (χ3v) is 4.42. The molecule has 1 aromatic rings. The zero-order valence-electron chi connectivity index (χ0n) is 9.20. The Kier molecular flexibility index (Phi) is 3.64. The summed E-state index contributed by atoms with van der Waals surface area (Å²) in [7, 11) is 0. The van der Waals surface area contributed by atoms with Crippen LogP contribution in [0.5, 0.6) is 0 Å². The second kappa shape index (κ2) is 5.19. The molecule has 0 saturated heterocycles. The normalized spacial score (nSPS) is 23.2. The van der Waals surface area contributed by atoms with Crippen molar-refractivity contribution in [2.75, 3.05) is 0 Å². The first-order chi connectivity index (χ1) is 8.22. The smallest absolute Gasteiger partial charge is 0.258 e. The molecule has 0 aromatic heterocycles. The molecule has 2 rings (SSSR count). The van der Waals surface area contributed by atoms with Gasteiger partial charge in [-0.3, -0.25) is 10.1 Å². The van der Waals surface area contributed by atoms with Crippen molar-refractivity contribution in [3.8, 4) is 6.07 Å². The summed E-state index contributed by atoms with van der Waals surface area (Å²) in [5, 5.41) is 20.1. The van der Waals surface area contributed by atoms with E-state index in [-0.39, 0.29) is 21.8 Å². The predicted octanol–water partition coefficient (Wildman–Crippen LogP) is 3.38. The lowest BCUT2D eigenvalue weighted by atomic mass is 10.1. The van der Waals surface area contributed by atoms with E-state index in [1.165, 1.54) is 17.8 Å². The zero-order chi connectivity index (χ0) is 12.3. The molecule has 0 spiro atoms. The fourth-order valence-electron chi connectivity index (χ4n) is 2.09. The molecular formula is C12H12N2O2S. The van der Waals surface area contributed by atoms with Crippen LogP contribution < -0.4 is 0 Å². The van der Waals surface area contributed by atoms with Gasteiger partial charge in [-0.25, -0.2) is 0 Å². The van der Waals surface area contributed by atoms with E-state index in [0.29, 0.717) is 4.90 Å². The van der Waals surface area contributed by atoms with E-state index in [2.05, 4.69) is 6.07 Å². The molecule has 5 heteroatoms. The van der Waals surface area contributed by atoms with Crippen molar-refractivity contribution in [2.45, 2.75) is 29.4 Å². The molecular weight excluding hydrogens is 236 g/mol. The van der Waals surface area contributed by atoms with Crippen LogP contribution in [0, 0.1) is 27.4 Å². The van der Waals surface area contributed by atoms with Crippen molar-refractivity contribution in [2.24, 2.45) is 5.92 Å².